The molecule has 0 aliphatic carbocycles. The zero-order valence-electron chi connectivity index (χ0n) is 11.5. The van der Waals surface area contributed by atoms with Crippen molar-refractivity contribution >= 4 is 11.3 Å². The van der Waals surface area contributed by atoms with Crippen molar-refractivity contribution in [2.45, 2.75) is 39.3 Å². The van der Waals surface area contributed by atoms with Gasteiger partial charge in [0.15, 0.2) is 5.82 Å². The molecule has 0 aliphatic rings. The smallest absolute Gasteiger partial charge is 0.277 e. The van der Waals surface area contributed by atoms with Crippen molar-refractivity contribution in [2.24, 2.45) is 5.73 Å². The van der Waals surface area contributed by atoms with Gasteiger partial charge in [-0.15, -0.1) is 11.3 Å². The molecule has 19 heavy (non-hydrogen) atoms. The molecule has 7 heteroatoms. The molecule has 0 fully saturated rings. The van der Waals surface area contributed by atoms with E-state index in [0.717, 1.165) is 5.01 Å². The SMILES string of the molecule is Cc1nc(-c2nc(C(C)(N)COC(C)C)no2)cs1. The van der Waals surface area contributed by atoms with E-state index in [1.807, 2.05) is 33.1 Å². The molecular weight excluding hydrogens is 264 g/mol. The lowest BCUT2D eigenvalue weighted by Crippen LogP contribution is -2.40. The average Bonchev–Trinajstić information content (AvgIpc) is 2.94. The molecule has 1 unspecified atom stereocenters. The van der Waals surface area contributed by atoms with E-state index in [1.54, 1.807) is 0 Å². The van der Waals surface area contributed by atoms with Crippen molar-refractivity contribution < 1.29 is 9.26 Å². The van der Waals surface area contributed by atoms with Crippen LogP contribution in [-0.4, -0.2) is 27.8 Å². The Morgan fingerprint density at radius 2 is 2.21 bits per heavy atom. The molecule has 2 rings (SSSR count). The first kappa shape index (κ1) is 14.1. The van der Waals surface area contributed by atoms with Crippen LogP contribution in [-0.2, 0) is 10.3 Å². The van der Waals surface area contributed by atoms with Gasteiger partial charge in [-0.25, -0.2) is 4.98 Å². The molecule has 0 saturated carbocycles. The number of thiazole rings is 1. The third-order valence-corrected chi connectivity index (χ3v) is 3.26. The van der Waals surface area contributed by atoms with Crippen LogP contribution in [0, 0.1) is 6.92 Å². The van der Waals surface area contributed by atoms with Crippen molar-refractivity contribution in [3.63, 3.8) is 0 Å². The zero-order valence-corrected chi connectivity index (χ0v) is 12.3. The number of rotatable bonds is 5. The molecule has 0 radical (unpaired) electrons. The predicted molar refractivity (Wildman–Crippen MR) is 72.8 cm³/mol. The number of aromatic nitrogens is 3. The highest BCUT2D eigenvalue weighted by atomic mass is 32.1. The van der Waals surface area contributed by atoms with E-state index in [-0.39, 0.29) is 6.10 Å². The van der Waals surface area contributed by atoms with E-state index < -0.39 is 5.54 Å². The monoisotopic (exact) mass is 282 g/mol. The lowest BCUT2D eigenvalue weighted by atomic mass is 10.1. The molecule has 0 spiro atoms. The van der Waals surface area contributed by atoms with Gasteiger partial charge < -0.3 is 15.0 Å². The van der Waals surface area contributed by atoms with Gasteiger partial charge in [-0.2, -0.15) is 4.98 Å². The molecule has 2 aromatic rings. The summed E-state index contributed by atoms with van der Waals surface area (Å²) in [5.41, 5.74) is 6.06. The topological polar surface area (TPSA) is 87.1 Å². The molecular formula is C12H18N4O2S. The predicted octanol–water partition coefficient (Wildman–Crippen LogP) is 2.10. The van der Waals surface area contributed by atoms with Crippen molar-refractivity contribution in [1.29, 1.82) is 0 Å². The first-order valence-corrected chi connectivity index (χ1v) is 6.93. The van der Waals surface area contributed by atoms with Crippen LogP contribution < -0.4 is 5.73 Å². The fourth-order valence-corrected chi connectivity index (χ4v) is 2.01. The summed E-state index contributed by atoms with van der Waals surface area (Å²) in [4.78, 5) is 8.61. The fourth-order valence-electron chi connectivity index (χ4n) is 1.43. The van der Waals surface area contributed by atoms with Crippen LogP contribution in [0.4, 0.5) is 0 Å². The third-order valence-electron chi connectivity index (χ3n) is 2.49. The van der Waals surface area contributed by atoms with Crippen LogP contribution in [0.1, 0.15) is 31.6 Å². The fraction of sp³-hybridized carbons (Fsp3) is 0.583. The van der Waals surface area contributed by atoms with Gasteiger partial charge in [-0.1, -0.05) is 5.16 Å². The third kappa shape index (κ3) is 3.37. The van der Waals surface area contributed by atoms with Crippen LogP contribution in [0.2, 0.25) is 0 Å². The molecule has 2 aromatic heterocycles. The number of nitrogens with zero attached hydrogens (tertiary/aromatic N) is 3. The van der Waals surface area contributed by atoms with Gasteiger partial charge in [0.2, 0.25) is 0 Å². The van der Waals surface area contributed by atoms with Crippen molar-refractivity contribution in [2.75, 3.05) is 6.61 Å². The van der Waals surface area contributed by atoms with Crippen LogP contribution in [0.5, 0.6) is 0 Å². The maximum absolute atomic E-state index is 6.16. The van der Waals surface area contributed by atoms with Gasteiger partial charge in [0.25, 0.3) is 5.89 Å². The second kappa shape index (κ2) is 5.36. The van der Waals surface area contributed by atoms with E-state index in [4.69, 9.17) is 15.0 Å². The van der Waals surface area contributed by atoms with E-state index >= 15 is 0 Å². The van der Waals surface area contributed by atoms with E-state index in [1.165, 1.54) is 11.3 Å². The Labute approximate surface area is 116 Å². The first-order valence-electron chi connectivity index (χ1n) is 6.05. The average molecular weight is 282 g/mol. The summed E-state index contributed by atoms with van der Waals surface area (Å²) in [7, 11) is 0. The number of hydrogen-bond acceptors (Lipinski definition) is 7. The Morgan fingerprint density at radius 3 is 2.79 bits per heavy atom. The van der Waals surface area contributed by atoms with Crippen LogP contribution >= 0.6 is 11.3 Å². The standard InChI is InChI=1S/C12H18N4O2S/c1-7(2)17-6-12(4,13)11-15-10(18-16-11)9-5-19-8(3)14-9/h5,7H,6,13H2,1-4H3. The molecule has 0 bridgehead atoms. The van der Waals surface area contributed by atoms with Crippen LogP contribution in [0.15, 0.2) is 9.90 Å². The summed E-state index contributed by atoms with van der Waals surface area (Å²) >= 11 is 1.54. The molecule has 0 saturated heterocycles. The number of aryl methyl sites for hydroxylation is 1. The molecule has 0 aromatic carbocycles. The highest BCUT2D eigenvalue weighted by Gasteiger charge is 2.29. The van der Waals surface area contributed by atoms with Crippen LogP contribution in [0.3, 0.4) is 0 Å². The van der Waals surface area contributed by atoms with Crippen molar-refractivity contribution in [3.05, 3.63) is 16.2 Å². The maximum atomic E-state index is 6.16. The second-order valence-electron chi connectivity index (χ2n) is 4.95. The normalized spacial score (nSPS) is 14.8. The molecule has 2 heterocycles. The van der Waals surface area contributed by atoms with E-state index in [0.29, 0.717) is 24.0 Å². The largest absolute Gasteiger partial charge is 0.376 e. The molecule has 2 N–H and O–H groups in total. The van der Waals surface area contributed by atoms with Crippen molar-refractivity contribution in [1.82, 2.24) is 15.1 Å². The number of nitrogens with two attached hydrogens (primary N) is 1. The summed E-state index contributed by atoms with van der Waals surface area (Å²) in [6.07, 6.45) is 0.107. The molecule has 104 valence electrons. The Hall–Kier alpha value is -1.31. The summed E-state index contributed by atoms with van der Waals surface area (Å²) in [5, 5.41) is 6.76. The number of hydrogen-bond donors (Lipinski definition) is 1. The zero-order chi connectivity index (χ0) is 14.0. The van der Waals surface area contributed by atoms with Gasteiger partial charge in [0.05, 0.1) is 17.7 Å². The summed E-state index contributed by atoms with van der Waals surface area (Å²) < 4.78 is 10.7. The Balaban J connectivity index is 2.16. The van der Waals surface area contributed by atoms with E-state index in [2.05, 4.69) is 15.1 Å². The van der Waals surface area contributed by atoms with Crippen molar-refractivity contribution in [3.8, 4) is 11.6 Å². The van der Waals surface area contributed by atoms with Gasteiger partial charge in [0, 0.05) is 5.38 Å². The molecule has 0 aliphatic heterocycles. The summed E-state index contributed by atoms with van der Waals surface area (Å²) in [6.45, 7) is 7.98. The Morgan fingerprint density at radius 1 is 1.47 bits per heavy atom. The lowest BCUT2D eigenvalue weighted by molar-refractivity contribution is 0.0410. The van der Waals surface area contributed by atoms with Gasteiger partial charge in [-0.3, -0.25) is 0 Å². The Bertz CT molecular complexity index is 547. The van der Waals surface area contributed by atoms with Gasteiger partial charge in [0.1, 0.15) is 11.2 Å². The quantitative estimate of drug-likeness (QED) is 0.903. The van der Waals surface area contributed by atoms with Gasteiger partial charge >= 0.3 is 0 Å². The molecule has 1 atom stereocenters. The lowest BCUT2D eigenvalue weighted by Gasteiger charge is -2.21. The minimum absolute atomic E-state index is 0.107. The first-order chi connectivity index (χ1) is 8.88. The molecule has 0 amide bonds. The minimum Gasteiger partial charge on any atom is -0.376 e. The summed E-state index contributed by atoms with van der Waals surface area (Å²) in [6, 6.07) is 0. The Kier molecular flexibility index (Phi) is 3.98. The number of ether oxygens (including phenoxy) is 1. The van der Waals surface area contributed by atoms with Gasteiger partial charge in [-0.05, 0) is 27.7 Å². The maximum Gasteiger partial charge on any atom is 0.277 e. The summed E-state index contributed by atoms with van der Waals surface area (Å²) in [5.74, 6) is 0.814. The highest BCUT2D eigenvalue weighted by molar-refractivity contribution is 7.09. The minimum atomic E-state index is -0.781. The van der Waals surface area contributed by atoms with E-state index in [9.17, 15) is 0 Å². The second-order valence-corrected chi connectivity index (χ2v) is 6.01. The van der Waals surface area contributed by atoms with Crippen LogP contribution in [0.25, 0.3) is 11.6 Å². The molecule has 6 nitrogen and oxygen atoms in total. The highest BCUT2D eigenvalue weighted by Crippen LogP contribution is 2.23.